The number of fused-ring (bicyclic) bond motifs is 2. The van der Waals surface area contributed by atoms with Gasteiger partial charge < -0.3 is 4.74 Å². The highest BCUT2D eigenvalue weighted by molar-refractivity contribution is 5.92. The van der Waals surface area contributed by atoms with Crippen LogP contribution in [0.1, 0.15) is 36.4 Å². The SMILES string of the molecule is COc1cc2[nH]nc(-c3cnn(C4CC(C#N)C4)c3)c2nc1-c1cccc2c1CCC2. The van der Waals surface area contributed by atoms with E-state index in [9.17, 15) is 0 Å². The normalized spacial score (nSPS) is 19.7. The van der Waals surface area contributed by atoms with Crippen LogP contribution in [0, 0.1) is 17.2 Å². The molecule has 154 valence electrons. The van der Waals surface area contributed by atoms with E-state index in [4.69, 9.17) is 15.0 Å². The number of aromatic amines is 1. The Morgan fingerprint density at radius 1 is 1.23 bits per heavy atom. The Kier molecular flexibility index (Phi) is 4.06. The van der Waals surface area contributed by atoms with Crippen LogP contribution in [0.4, 0.5) is 0 Å². The number of nitrogens with one attached hydrogen (secondary N) is 1. The fraction of sp³-hybridized carbons (Fsp3) is 0.333. The van der Waals surface area contributed by atoms with E-state index in [0.717, 1.165) is 65.0 Å². The zero-order chi connectivity index (χ0) is 20.9. The third-order valence-electron chi connectivity index (χ3n) is 6.67. The summed E-state index contributed by atoms with van der Waals surface area (Å²) in [6.07, 6.45) is 8.94. The molecule has 0 radical (unpaired) electrons. The molecule has 31 heavy (non-hydrogen) atoms. The van der Waals surface area contributed by atoms with Crippen molar-refractivity contribution >= 4 is 11.0 Å². The number of hydrogen-bond donors (Lipinski definition) is 1. The van der Waals surface area contributed by atoms with E-state index in [2.05, 4.69) is 39.6 Å². The third kappa shape index (κ3) is 2.82. The molecule has 6 rings (SSSR count). The molecule has 3 heterocycles. The number of methoxy groups -OCH3 is 1. The maximum Gasteiger partial charge on any atom is 0.147 e. The van der Waals surface area contributed by atoms with Gasteiger partial charge in [-0.25, -0.2) is 4.98 Å². The van der Waals surface area contributed by atoms with Gasteiger partial charge in [0, 0.05) is 23.4 Å². The summed E-state index contributed by atoms with van der Waals surface area (Å²) >= 11 is 0. The van der Waals surface area contributed by atoms with Crippen molar-refractivity contribution in [1.82, 2.24) is 25.0 Å². The number of pyridine rings is 1. The van der Waals surface area contributed by atoms with E-state index in [-0.39, 0.29) is 5.92 Å². The monoisotopic (exact) mass is 410 g/mol. The standard InChI is InChI=1S/C24H22N6O/c1-31-21-10-20-24(27-23(21)19-7-3-5-15-4-2-6-18(15)19)22(29-28-20)16-12-26-30(13-16)17-8-14(9-17)11-25/h3,5,7,10,12-14,17H,2,4,6,8-9H2,1H3,(H,28,29). The maximum atomic E-state index is 9.03. The van der Waals surface area contributed by atoms with Crippen molar-refractivity contribution in [1.29, 1.82) is 5.26 Å². The van der Waals surface area contributed by atoms with Crippen molar-refractivity contribution in [2.24, 2.45) is 5.92 Å². The van der Waals surface area contributed by atoms with E-state index in [1.54, 1.807) is 7.11 Å². The quantitative estimate of drug-likeness (QED) is 0.536. The summed E-state index contributed by atoms with van der Waals surface area (Å²) in [5.74, 6) is 0.892. The van der Waals surface area contributed by atoms with E-state index >= 15 is 0 Å². The molecule has 0 aliphatic heterocycles. The molecule has 1 saturated carbocycles. The first-order valence-electron chi connectivity index (χ1n) is 10.7. The predicted octanol–water partition coefficient (Wildman–Crippen LogP) is 4.46. The number of ether oxygens (including phenoxy) is 1. The van der Waals surface area contributed by atoms with Gasteiger partial charge in [-0.05, 0) is 43.2 Å². The molecule has 2 aliphatic carbocycles. The minimum absolute atomic E-state index is 0.146. The summed E-state index contributed by atoms with van der Waals surface area (Å²) in [6.45, 7) is 0. The van der Waals surface area contributed by atoms with Gasteiger partial charge in [0.15, 0.2) is 0 Å². The first-order valence-corrected chi connectivity index (χ1v) is 10.7. The molecule has 1 aromatic carbocycles. The van der Waals surface area contributed by atoms with Crippen LogP contribution in [0.15, 0.2) is 36.7 Å². The second-order valence-electron chi connectivity index (χ2n) is 8.46. The Bertz CT molecular complexity index is 1340. The topological polar surface area (TPSA) is 92.4 Å². The lowest BCUT2D eigenvalue weighted by Gasteiger charge is -2.30. The van der Waals surface area contributed by atoms with Crippen molar-refractivity contribution in [3.05, 3.63) is 47.8 Å². The number of hydrogen-bond acceptors (Lipinski definition) is 5. The largest absolute Gasteiger partial charge is 0.494 e. The molecule has 4 aromatic rings. The van der Waals surface area contributed by atoms with Gasteiger partial charge >= 0.3 is 0 Å². The van der Waals surface area contributed by atoms with Crippen LogP contribution >= 0.6 is 0 Å². The van der Waals surface area contributed by atoms with Crippen LogP contribution in [-0.4, -0.2) is 32.1 Å². The number of aromatic nitrogens is 5. The fourth-order valence-electron chi connectivity index (χ4n) is 4.89. The Hall–Kier alpha value is -3.66. The van der Waals surface area contributed by atoms with Crippen molar-refractivity contribution in [2.45, 2.75) is 38.1 Å². The minimum Gasteiger partial charge on any atom is -0.494 e. The Morgan fingerprint density at radius 2 is 2.13 bits per heavy atom. The molecule has 0 saturated heterocycles. The summed E-state index contributed by atoms with van der Waals surface area (Å²) in [5.41, 5.74) is 8.16. The van der Waals surface area contributed by atoms with Crippen LogP contribution in [0.3, 0.4) is 0 Å². The van der Waals surface area contributed by atoms with Crippen LogP contribution in [0.5, 0.6) is 5.75 Å². The molecule has 0 spiro atoms. The lowest BCUT2D eigenvalue weighted by molar-refractivity contribution is 0.230. The zero-order valence-electron chi connectivity index (χ0n) is 17.3. The first-order chi connectivity index (χ1) is 15.2. The second-order valence-corrected chi connectivity index (χ2v) is 8.46. The van der Waals surface area contributed by atoms with Gasteiger partial charge in [-0.2, -0.15) is 15.5 Å². The van der Waals surface area contributed by atoms with Crippen LogP contribution < -0.4 is 4.74 Å². The predicted molar refractivity (Wildman–Crippen MR) is 116 cm³/mol. The number of benzene rings is 1. The maximum absolute atomic E-state index is 9.03. The van der Waals surface area contributed by atoms with Crippen molar-refractivity contribution < 1.29 is 4.74 Å². The molecule has 0 bridgehead atoms. The number of nitriles is 1. The molecule has 3 aromatic heterocycles. The molecule has 7 nitrogen and oxygen atoms in total. The summed E-state index contributed by atoms with van der Waals surface area (Å²) in [5, 5.41) is 21.2. The first kappa shape index (κ1) is 18.1. The molecular formula is C24H22N6O. The van der Waals surface area contributed by atoms with Crippen LogP contribution in [-0.2, 0) is 12.8 Å². The number of rotatable bonds is 4. The summed E-state index contributed by atoms with van der Waals surface area (Å²) in [6, 6.07) is 11.1. The minimum atomic E-state index is 0.146. The van der Waals surface area contributed by atoms with E-state index in [1.807, 2.05) is 23.1 Å². The van der Waals surface area contributed by atoms with Gasteiger partial charge in [0.1, 0.15) is 22.7 Å². The van der Waals surface area contributed by atoms with E-state index in [1.165, 1.54) is 17.5 Å². The average Bonchev–Trinajstić information content (AvgIpc) is 3.50. The van der Waals surface area contributed by atoms with Crippen LogP contribution in [0.2, 0.25) is 0 Å². The van der Waals surface area contributed by atoms with Gasteiger partial charge in [0.2, 0.25) is 0 Å². The highest BCUT2D eigenvalue weighted by atomic mass is 16.5. The fourth-order valence-corrected chi connectivity index (χ4v) is 4.89. The van der Waals surface area contributed by atoms with Gasteiger partial charge in [-0.1, -0.05) is 18.2 Å². The van der Waals surface area contributed by atoms with Gasteiger partial charge in [-0.3, -0.25) is 9.78 Å². The Morgan fingerprint density at radius 3 is 2.97 bits per heavy atom. The van der Waals surface area contributed by atoms with Gasteiger partial charge in [0.05, 0.1) is 36.9 Å². The molecule has 0 atom stereocenters. The number of H-pyrrole nitrogens is 1. The molecule has 0 amide bonds. The van der Waals surface area contributed by atoms with Gasteiger partial charge in [-0.15, -0.1) is 0 Å². The van der Waals surface area contributed by atoms with Crippen molar-refractivity contribution in [3.63, 3.8) is 0 Å². The Balaban J connectivity index is 1.44. The number of aryl methyl sites for hydroxylation is 1. The summed E-state index contributed by atoms with van der Waals surface area (Å²) in [4.78, 5) is 5.04. The molecule has 0 unspecified atom stereocenters. The molecule has 1 fully saturated rings. The smallest absolute Gasteiger partial charge is 0.147 e. The molecular weight excluding hydrogens is 388 g/mol. The van der Waals surface area contributed by atoms with Crippen LogP contribution in [0.25, 0.3) is 33.5 Å². The third-order valence-corrected chi connectivity index (χ3v) is 6.67. The highest BCUT2D eigenvalue weighted by Crippen LogP contribution is 2.40. The summed E-state index contributed by atoms with van der Waals surface area (Å²) in [7, 11) is 1.68. The highest BCUT2D eigenvalue weighted by Gasteiger charge is 2.31. The number of nitrogens with zero attached hydrogens (tertiary/aromatic N) is 5. The van der Waals surface area contributed by atoms with E-state index < -0.39 is 0 Å². The van der Waals surface area contributed by atoms with Crippen molar-refractivity contribution in [2.75, 3.05) is 7.11 Å². The lowest BCUT2D eigenvalue weighted by Crippen LogP contribution is -2.25. The molecule has 1 N–H and O–H groups in total. The molecule has 2 aliphatic rings. The zero-order valence-corrected chi connectivity index (χ0v) is 17.3. The average molecular weight is 410 g/mol. The lowest BCUT2D eigenvalue weighted by atomic mass is 9.81. The van der Waals surface area contributed by atoms with E-state index in [0.29, 0.717) is 6.04 Å². The van der Waals surface area contributed by atoms with Crippen molar-refractivity contribution in [3.8, 4) is 34.3 Å². The van der Waals surface area contributed by atoms with Gasteiger partial charge in [0.25, 0.3) is 0 Å². The molecule has 7 heteroatoms. The Labute approximate surface area is 179 Å². The summed E-state index contributed by atoms with van der Waals surface area (Å²) < 4.78 is 7.66. The second kappa shape index (κ2) is 6.95.